The molecule has 0 bridgehead atoms. The van der Waals surface area contributed by atoms with Crippen molar-refractivity contribution in [2.45, 2.75) is 26.4 Å². The molecule has 0 aliphatic carbocycles. The van der Waals surface area contributed by atoms with Crippen LogP contribution in [0.5, 0.6) is 11.5 Å². The van der Waals surface area contributed by atoms with Gasteiger partial charge in [-0.15, -0.1) is 0 Å². The summed E-state index contributed by atoms with van der Waals surface area (Å²) in [5.74, 6) is 0.225. The van der Waals surface area contributed by atoms with Crippen LogP contribution in [0.25, 0.3) is 11.0 Å². The van der Waals surface area contributed by atoms with Crippen molar-refractivity contribution in [3.8, 4) is 11.5 Å². The van der Waals surface area contributed by atoms with Crippen molar-refractivity contribution in [1.82, 2.24) is 0 Å². The number of fused-ring (bicyclic) bond motifs is 1. The fraction of sp³-hybridized carbons (Fsp3) is 0.211. The highest BCUT2D eigenvalue weighted by Gasteiger charge is 2.20. The number of esters is 1. The van der Waals surface area contributed by atoms with E-state index in [1.54, 1.807) is 45.0 Å². The highest BCUT2D eigenvalue weighted by molar-refractivity contribution is 6.33. The quantitative estimate of drug-likeness (QED) is 0.538. The minimum atomic E-state index is -0.690. The lowest BCUT2D eigenvalue weighted by Gasteiger charge is -2.20. The zero-order chi connectivity index (χ0) is 18.2. The lowest BCUT2D eigenvalue weighted by Crippen LogP contribution is -2.24. The number of hydrogen-bond donors (Lipinski definition) is 0. The van der Waals surface area contributed by atoms with Crippen LogP contribution in [0.2, 0.25) is 5.02 Å². The second kappa shape index (κ2) is 6.41. The fourth-order valence-corrected chi connectivity index (χ4v) is 2.52. The summed E-state index contributed by atoms with van der Waals surface area (Å²) in [5, 5.41) is 0.788. The molecule has 4 nitrogen and oxygen atoms in total. The van der Waals surface area contributed by atoms with Crippen LogP contribution in [0.3, 0.4) is 0 Å². The van der Waals surface area contributed by atoms with E-state index in [4.69, 9.17) is 25.5 Å². The summed E-state index contributed by atoms with van der Waals surface area (Å²) in [6, 6.07) is 10.3. The number of carbonyl (C=O) groups excluding carboxylic acids is 1. The zero-order valence-corrected chi connectivity index (χ0v) is 14.7. The number of para-hydroxylation sites is 1. The van der Waals surface area contributed by atoms with Gasteiger partial charge in [-0.1, -0.05) is 23.7 Å². The van der Waals surface area contributed by atoms with Gasteiger partial charge in [0.05, 0.1) is 10.6 Å². The van der Waals surface area contributed by atoms with Crippen molar-refractivity contribution in [3.05, 3.63) is 59.1 Å². The van der Waals surface area contributed by atoms with Gasteiger partial charge in [-0.3, -0.25) is 0 Å². The molecule has 0 N–H and O–H groups in total. The average Bonchev–Trinajstić information content (AvgIpc) is 2.87. The number of halogens is 2. The Labute approximate surface area is 149 Å². The first-order valence-corrected chi connectivity index (χ1v) is 7.99. The lowest BCUT2D eigenvalue weighted by atomic mass is 10.1. The summed E-state index contributed by atoms with van der Waals surface area (Å²) < 4.78 is 29.3. The third kappa shape index (κ3) is 3.94. The van der Waals surface area contributed by atoms with E-state index in [1.807, 2.05) is 0 Å². The second-order valence-electron chi connectivity index (χ2n) is 6.47. The maximum atomic E-state index is 13.3. The van der Waals surface area contributed by atoms with E-state index < -0.39 is 17.6 Å². The van der Waals surface area contributed by atoms with Gasteiger partial charge in [0.25, 0.3) is 6.01 Å². The van der Waals surface area contributed by atoms with Crippen molar-refractivity contribution < 1.29 is 23.1 Å². The maximum absolute atomic E-state index is 13.3. The minimum absolute atomic E-state index is 0.199. The molecule has 0 spiro atoms. The Morgan fingerprint density at radius 2 is 1.92 bits per heavy atom. The number of furan rings is 1. The van der Waals surface area contributed by atoms with Gasteiger partial charge in [0.2, 0.25) is 0 Å². The Morgan fingerprint density at radius 1 is 1.16 bits per heavy atom. The van der Waals surface area contributed by atoms with Crippen molar-refractivity contribution in [3.63, 3.8) is 0 Å². The lowest BCUT2D eigenvalue weighted by molar-refractivity contribution is 0.00697. The largest absolute Gasteiger partial charge is 0.456 e. The van der Waals surface area contributed by atoms with Crippen molar-refractivity contribution in [1.29, 1.82) is 0 Å². The highest BCUT2D eigenvalue weighted by atomic mass is 35.5. The minimum Gasteiger partial charge on any atom is -0.456 e. The van der Waals surface area contributed by atoms with E-state index in [2.05, 4.69) is 0 Å². The van der Waals surface area contributed by atoms with Gasteiger partial charge < -0.3 is 13.9 Å². The number of benzene rings is 2. The molecule has 0 radical (unpaired) electrons. The molecule has 0 atom stereocenters. The summed E-state index contributed by atoms with van der Waals surface area (Å²) >= 11 is 6.18. The molecular weight excluding hydrogens is 347 g/mol. The predicted octanol–water partition coefficient (Wildman–Crippen LogP) is 5.97. The Bertz CT molecular complexity index is 940. The Hall–Kier alpha value is -2.53. The Kier molecular flexibility index (Phi) is 4.43. The van der Waals surface area contributed by atoms with Crippen LogP contribution < -0.4 is 4.74 Å². The van der Waals surface area contributed by atoms with E-state index in [9.17, 15) is 9.18 Å². The third-order valence-corrected chi connectivity index (χ3v) is 3.58. The molecule has 25 heavy (non-hydrogen) atoms. The first kappa shape index (κ1) is 17.3. The summed E-state index contributed by atoms with van der Waals surface area (Å²) in [7, 11) is 0. The Morgan fingerprint density at radius 3 is 2.60 bits per heavy atom. The standard InChI is InChI=1S/C19H16ClFO4/c1-19(2,3)25-18(22)13-8-7-12(10-14(13)20)23-15-6-4-5-11-9-16(21)24-17(11)15/h4-10H,1-3H3. The SMILES string of the molecule is CC(C)(C)OC(=O)c1ccc(Oc2cccc3cc(F)oc23)cc1Cl. The summed E-state index contributed by atoms with van der Waals surface area (Å²) in [6.45, 7) is 5.33. The van der Waals surface area contributed by atoms with Crippen LogP contribution >= 0.6 is 11.6 Å². The predicted molar refractivity (Wildman–Crippen MR) is 92.9 cm³/mol. The Balaban J connectivity index is 1.87. The van der Waals surface area contributed by atoms with Gasteiger partial charge in [0.1, 0.15) is 11.4 Å². The molecule has 2 aromatic carbocycles. The summed E-state index contributed by atoms with van der Waals surface area (Å²) in [4.78, 5) is 12.1. The van der Waals surface area contributed by atoms with E-state index in [0.29, 0.717) is 22.5 Å². The van der Waals surface area contributed by atoms with Gasteiger partial charge in [-0.2, -0.15) is 4.39 Å². The molecule has 0 aliphatic rings. The van der Waals surface area contributed by atoms with E-state index >= 15 is 0 Å². The second-order valence-corrected chi connectivity index (χ2v) is 6.88. The highest BCUT2D eigenvalue weighted by Crippen LogP contribution is 2.33. The topological polar surface area (TPSA) is 48.7 Å². The fourth-order valence-electron chi connectivity index (χ4n) is 2.27. The molecule has 0 fully saturated rings. The molecule has 1 aromatic heterocycles. The maximum Gasteiger partial charge on any atom is 0.340 e. The van der Waals surface area contributed by atoms with E-state index in [1.165, 1.54) is 18.2 Å². The molecule has 0 saturated carbocycles. The normalized spacial score (nSPS) is 11.6. The van der Waals surface area contributed by atoms with Crippen LogP contribution in [0.4, 0.5) is 4.39 Å². The number of rotatable bonds is 3. The van der Waals surface area contributed by atoms with Crippen LogP contribution in [0.15, 0.2) is 46.9 Å². The van der Waals surface area contributed by atoms with Gasteiger partial charge in [-0.25, -0.2) is 4.79 Å². The van der Waals surface area contributed by atoms with Crippen LogP contribution in [-0.2, 0) is 4.74 Å². The van der Waals surface area contributed by atoms with Crippen LogP contribution in [0, 0.1) is 6.01 Å². The van der Waals surface area contributed by atoms with E-state index in [0.717, 1.165) is 0 Å². The molecule has 3 aromatic rings. The van der Waals surface area contributed by atoms with Crippen molar-refractivity contribution in [2.24, 2.45) is 0 Å². The van der Waals surface area contributed by atoms with Crippen LogP contribution in [-0.4, -0.2) is 11.6 Å². The molecule has 0 unspecified atom stereocenters. The van der Waals surface area contributed by atoms with Crippen molar-refractivity contribution >= 4 is 28.5 Å². The molecule has 1 heterocycles. The first-order valence-electron chi connectivity index (χ1n) is 7.62. The van der Waals surface area contributed by atoms with E-state index in [-0.39, 0.29) is 10.6 Å². The molecule has 0 saturated heterocycles. The smallest absolute Gasteiger partial charge is 0.340 e. The molecule has 3 rings (SSSR count). The van der Waals surface area contributed by atoms with Gasteiger partial charge >= 0.3 is 5.97 Å². The third-order valence-electron chi connectivity index (χ3n) is 3.27. The van der Waals surface area contributed by atoms with Crippen molar-refractivity contribution in [2.75, 3.05) is 0 Å². The molecule has 6 heteroatoms. The molecule has 130 valence electrons. The van der Waals surface area contributed by atoms with Gasteiger partial charge in [0.15, 0.2) is 11.3 Å². The molecular formula is C19H16ClFO4. The summed E-state index contributed by atoms with van der Waals surface area (Å²) in [5.41, 5.74) is -0.0762. The number of ether oxygens (including phenoxy) is 2. The van der Waals surface area contributed by atoms with Gasteiger partial charge in [0, 0.05) is 17.5 Å². The van der Waals surface area contributed by atoms with Crippen LogP contribution in [0.1, 0.15) is 31.1 Å². The summed E-state index contributed by atoms with van der Waals surface area (Å²) in [6.07, 6.45) is 0. The molecule has 0 amide bonds. The van der Waals surface area contributed by atoms with Gasteiger partial charge in [-0.05, 0) is 39.0 Å². The first-order chi connectivity index (χ1) is 11.7. The number of hydrogen-bond acceptors (Lipinski definition) is 4. The average molecular weight is 363 g/mol. The zero-order valence-electron chi connectivity index (χ0n) is 13.9. The monoisotopic (exact) mass is 362 g/mol. The number of carbonyl (C=O) groups is 1. The molecule has 0 aliphatic heterocycles.